The Morgan fingerprint density at radius 2 is 1.70 bits per heavy atom. The SMILES string of the molecule is CCC1(c2ccccc2)NC(=O)N(Cc2ccc(F)cc2)C1=O. The molecule has 5 heteroatoms. The van der Waals surface area contributed by atoms with Crippen LogP contribution in [0.1, 0.15) is 24.5 Å². The van der Waals surface area contributed by atoms with Crippen LogP contribution in [0.15, 0.2) is 54.6 Å². The molecule has 0 aliphatic carbocycles. The second kappa shape index (κ2) is 5.83. The van der Waals surface area contributed by atoms with Crippen LogP contribution in [0, 0.1) is 5.82 Å². The van der Waals surface area contributed by atoms with Crippen molar-refractivity contribution < 1.29 is 14.0 Å². The summed E-state index contributed by atoms with van der Waals surface area (Å²) in [5.74, 6) is -0.626. The fourth-order valence-electron chi connectivity index (χ4n) is 2.90. The molecule has 4 nitrogen and oxygen atoms in total. The molecule has 1 heterocycles. The summed E-state index contributed by atoms with van der Waals surface area (Å²) in [6.45, 7) is 1.99. The van der Waals surface area contributed by atoms with Crippen molar-refractivity contribution >= 4 is 11.9 Å². The van der Waals surface area contributed by atoms with Crippen LogP contribution in [-0.4, -0.2) is 16.8 Å². The molecule has 0 bridgehead atoms. The van der Waals surface area contributed by atoms with Crippen molar-refractivity contribution in [3.8, 4) is 0 Å². The standard InChI is InChI=1S/C18H17FN2O2/c1-2-18(14-6-4-3-5-7-14)16(22)21(17(23)20-18)12-13-8-10-15(19)11-9-13/h3-11H,2,12H2,1H3,(H,20,23). The van der Waals surface area contributed by atoms with Crippen molar-refractivity contribution in [3.05, 3.63) is 71.5 Å². The first-order valence-corrected chi connectivity index (χ1v) is 7.51. The van der Waals surface area contributed by atoms with E-state index in [0.29, 0.717) is 12.0 Å². The number of halogens is 1. The minimum absolute atomic E-state index is 0.125. The van der Waals surface area contributed by atoms with Crippen LogP contribution in [-0.2, 0) is 16.9 Å². The Morgan fingerprint density at radius 1 is 1.04 bits per heavy atom. The Labute approximate surface area is 133 Å². The van der Waals surface area contributed by atoms with Crippen molar-refractivity contribution in [3.63, 3.8) is 0 Å². The van der Waals surface area contributed by atoms with Gasteiger partial charge in [-0.1, -0.05) is 49.4 Å². The van der Waals surface area contributed by atoms with Gasteiger partial charge in [0, 0.05) is 0 Å². The summed E-state index contributed by atoms with van der Waals surface area (Å²) in [5, 5.41) is 2.83. The third-order valence-electron chi connectivity index (χ3n) is 4.23. The van der Waals surface area contributed by atoms with Crippen LogP contribution in [0.4, 0.5) is 9.18 Å². The van der Waals surface area contributed by atoms with Gasteiger partial charge in [0.2, 0.25) is 0 Å². The van der Waals surface area contributed by atoms with Crippen LogP contribution in [0.5, 0.6) is 0 Å². The average Bonchev–Trinajstić information content (AvgIpc) is 2.83. The first-order valence-electron chi connectivity index (χ1n) is 7.51. The lowest BCUT2D eigenvalue weighted by Crippen LogP contribution is -2.43. The third kappa shape index (κ3) is 2.59. The normalized spacial score (nSPS) is 20.7. The Balaban J connectivity index is 1.91. The summed E-state index contributed by atoms with van der Waals surface area (Å²) in [7, 11) is 0. The number of amides is 3. The van der Waals surface area contributed by atoms with Gasteiger partial charge in [-0.05, 0) is 29.7 Å². The first kappa shape index (κ1) is 15.2. The lowest BCUT2D eigenvalue weighted by atomic mass is 9.87. The number of rotatable bonds is 4. The minimum Gasteiger partial charge on any atom is -0.319 e. The molecule has 0 aromatic heterocycles. The van der Waals surface area contributed by atoms with Crippen LogP contribution < -0.4 is 5.32 Å². The van der Waals surface area contributed by atoms with Gasteiger partial charge in [0.15, 0.2) is 0 Å². The highest BCUT2D eigenvalue weighted by atomic mass is 19.1. The summed E-state index contributed by atoms with van der Waals surface area (Å²) in [6.07, 6.45) is 0.460. The second-order valence-electron chi connectivity index (χ2n) is 5.57. The van der Waals surface area contributed by atoms with E-state index in [1.165, 1.54) is 17.0 Å². The quantitative estimate of drug-likeness (QED) is 0.882. The highest BCUT2D eigenvalue weighted by Gasteiger charge is 2.50. The maximum atomic E-state index is 13.0. The highest BCUT2D eigenvalue weighted by Crippen LogP contribution is 2.33. The smallest absolute Gasteiger partial charge is 0.319 e. The van der Waals surface area contributed by atoms with Crippen molar-refractivity contribution in [2.24, 2.45) is 0 Å². The first-order chi connectivity index (χ1) is 11.1. The number of hydrogen-bond acceptors (Lipinski definition) is 2. The Hall–Kier alpha value is -2.69. The van der Waals surface area contributed by atoms with Crippen LogP contribution in [0.2, 0.25) is 0 Å². The number of urea groups is 1. The molecule has 1 N–H and O–H groups in total. The van der Waals surface area contributed by atoms with Gasteiger partial charge in [-0.25, -0.2) is 9.18 Å². The lowest BCUT2D eigenvalue weighted by molar-refractivity contribution is -0.132. The van der Waals surface area contributed by atoms with Gasteiger partial charge in [0.25, 0.3) is 5.91 Å². The zero-order valence-electron chi connectivity index (χ0n) is 12.8. The average molecular weight is 312 g/mol. The molecule has 2 aromatic rings. The third-order valence-corrected chi connectivity index (χ3v) is 4.23. The van der Waals surface area contributed by atoms with Gasteiger partial charge in [0.05, 0.1) is 6.54 Å². The topological polar surface area (TPSA) is 49.4 Å². The summed E-state index contributed by atoms with van der Waals surface area (Å²) in [4.78, 5) is 26.4. The van der Waals surface area contributed by atoms with E-state index >= 15 is 0 Å². The van der Waals surface area contributed by atoms with E-state index in [9.17, 15) is 14.0 Å². The molecule has 118 valence electrons. The summed E-state index contributed by atoms with van der Waals surface area (Å²) < 4.78 is 13.0. The minimum atomic E-state index is -1.03. The Bertz CT molecular complexity index is 730. The largest absolute Gasteiger partial charge is 0.325 e. The van der Waals surface area contributed by atoms with Crippen molar-refractivity contribution in [2.75, 3.05) is 0 Å². The predicted octanol–water partition coefficient (Wildman–Crippen LogP) is 3.18. The molecular formula is C18H17FN2O2. The molecule has 1 fully saturated rings. The highest BCUT2D eigenvalue weighted by molar-refractivity contribution is 6.07. The summed E-state index contributed by atoms with van der Waals surface area (Å²) in [6, 6.07) is 14.6. The number of imide groups is 1. The Morgan fingerprint density at radius 3 is 2.30 bits per heavy atom. The van der Waals surface area contributed by atoms with Crippen LogP contribution >= 0.6 is 0 Å². The molecule has 1 aliphatic rings. The lowest BCUT2D eigenvalue weighted by Gasteiger charge is -2.25. The van der Waals surface area contributed by atoms with Gasteiger partial charge in [-0.15, -0.1) is 0 Å². The van der Waals surface area contributed by atoms with Crippen LogP contribution in [0.25, 0.3) is 0 Å². The second-order valence-corrected chi connectivity index (χ2v) is 5.57. The Kier molecular flexibility index (Phi) is 3.86. The monoisotopic (exact) mass is 312 g/mol. The molecule has 1 atom stereocenters. The summed E-state index contributed by atoms with van der Waals surface area (Å²) >= 11 is 0. The van der Waals surface area contributed by atoms with Gasteiger partial charge >= 0.3 is 6.03 Å². The van der Waals surface area contributed by atoms with Gasteiger partial charge in [0.1, 0.15) is 11.4 Å². The van der Waals surface area contributed by atoms with E-state index < -0.39 is 11.6 Å². The molecule has 2 aromatic carbocycles. The molecular weight excluding hydrogens is 295 g/mol. The molecule has 1 aliphatic heterocycles. The van der Waals surface area contributed by atoms with E-state index in [-0.39, 0.29) is 18.3 Å². The van der Waals surface area contributed by atoms with E-state index in [1.807, 2.05) is 37.3 Å². The van der Waals surface area contributed by atoms with E-state index in [4.69, 9.17) is 0 Å². The van der Waals surface area contributed by atoms with Crippen molar-refractivity contribution in [1.82, 2.24) is 10.2 Å². The zero-order valence-corrected chi connectivity index (χ0v) is 12.8. The number of hydrogen-bond donors (Lipinski definition) is 1. The molecule has 23 heavy (non-hydrogen) atoms. The maximum absolute atomic E-state index is 13.0. The number of nitrogens with one attached hydrogen (secondary N) is 1. The van der Waals surface area contributed by atoms with Gasteiger partial charge in [-0.3, -0.25) is 9.69 Å². The predicted molar refractivity (Wildman–Crippen MR) is 83.9 cm³/mol. The number of benzene rings is 2. The molecule has 1 unspecified atom stereocenters. The number of nitrogens with zero attached hydrogens (tertiary/aromatic N) is 1. The fourth-order valence-corrected chi connectivity index (χ4v) is 2.90. The van der Waals surface area contributed by atoms with E-state index in [0.717, 1.165) is 5.56 Å². The zero-order chi connectivity index (χ0) is 16.4. The van der Waals surface area contributed by atoms with Crippen LogP contribution in [0.3, 0.4) is 0 Å². The summed E-state index contributed by atoms with van der Waals surface area (Å²) in [5.41, 5.74) is 0.440. The van der Waals surface area contributed by atoms with Gasteiger partial charge in [-0.2, -0.15) is 0 Å². The van der Waals surface area contributed by atoms with E-state index in [1.54, 1.807) is 12.1 Å². The molecule has 0 spiro atoms. The number of carbonyl (C=O) groups excluding carboxylic acids is 2. The molecule has 1 saturated heterocycles. The molecule has 3 amide bonds. The fraction of sp³-hybridized carbons (Fsp3) is 0.222. The van der Waals surface area contributed by atoms with Crippen molar-refractivity contribution in [2.45, 2.75) is 25.4 Å². The molecule has 0 saturated carbocycles. The van der Waals surface area contributed by atoms with Gasteiger partial charge < -0.3 is 5.32 Å². The molecule has 3 rings (SSSR count). The molecule has 0 radical (unpaired) electrons. The number of carbonyl (C=O) groups is 2. The van der Waals surface area contributed by atoms with E-state index in [2.05, 4.69) is 5.32 Å². The maximum Gasteiger partial charge on any atom is 0.325 e. The van der Waals surface area contributed by atoms with Crippen molar-refractivity contribution in [1.29, 1.82) is 0 Å².